The van der Waals surface area contributed by atoms with E-state index in [1.54, 1.807) is 0 Å². The molecule has 8 heteroatoms. The Labute approximate surface area is 132 Å². The molecule has 0 saturated carbocycles. The van der Waals surface area contributed by atoms with E-state index in [9.17, 15) is 10.0 Å². The summed E-state index contributed by atoms with van der Waals surface area (Å²) in [5.74, 6) is -0.212. The van der Waals surface area contributed by atoms with Gasteiger partial charge < -0.3 is 14.7 Å². The van der Waals surface area contributed by atoms with Crippen LogP contribution in [0.3, 0.4) is 0 Å². The van der Waals surface area contributed by atoms with Gasteiger partial charge in [-0.15, -0.1) is 0 Å². The second-order valence-electron chi connectivity index (χ2n) is 5.16. The molecule has 0 aliphatic carbocycles. The largest absolute Gasteiger partial charge is 0.619 e. The molecule has 1 atom stereocenters. The van der Waals surface area contributed by atoms with E-state index in [1.165, 1.54) is 31.6 Å². The molecule has 1 saturated heterocycles. The fourth-order valence-corrected chi connectivity index (χ4v) is 2.40. The molecular weight excluding hydrogens is 302 g/mol. The third kappa shape index (κ3) is 3.49. The predicted octanol–water partition coefficient (Wildman–Crippen LogP) is 1.06. The number of hydrogen-bond acceptors (Lipinski definition) is 6. The Balaban J connectivity index is 1.84. The Kier molecular flexibility index (Phi) is 4.54. The predicted molar refractivity (Wildman–Crippen MR) is 79.4 cm³/mol. The maximum Gasteiger partial charge on any atom is 0.276 e. The number of carbonyl (C=O) groups is 1. The first kappa shape index (κ1) is 15.4. The maximum atomic E-state index is 12.4. The minimum Gasteiger partial charge on any atom is -0.619 e. The van der Waals surface area contributed by atoms with E-state index >= 15 is 0 Å². The van der Waals surface area contributed by atoms with Gasteiger partial charge in [-0.05, 0) is 12.8 Å². The molecular formula is C15H17N3O5. The van der Waals surface area contributed by atoms with Crippen LogP contribution in [0.5, 0.6) is 5.88 Å². The summed E-state index contributed by atoms with van der Waals surface area (Å²) in [7, 11) is 1.46. The Morgan fingerprint density at radius 3 is 3.13 bits per heavy atom. The number of pyridine rings is 2. The van der Waals surface area contributed by atoms with Crippen LogP contribution >= 0.6 is 0 Å². The van der Waals surface area contributed by atoms with Crippen molar-refractivity contribution >= 4 is 16.8 Å². The number of hydrogen-bond donors (Lipinski definition) is 1. The van der Waals surface area contributed by atoms with Gasteiger partial charge in [-0.25, -0.2) is 15.3 Å². The molecule has 0 bridgehead atoms. The molecule has 0 radical (unpaired) electrons. The second-order valence-corrected chi connectivity index (χ2v) is 5.16. The van der Waals surface area contributed by atoms with Crippen molar-refractivity contribution in [1.82, 2.24) is 10.5 Å². The highest BCUT2D eigenvalue weighted by molar-refractivity contribution is 6.05. The SMILES string of the molecule is COc1cc(C(=O)NOC2CCCCO2)c2c[n+]([O-])ccc2n1. The van der Waals surface area contributed by atoms with Gasteiger partial charge >= 0.3 is 0 Å². The maximum absolute atomic E-state index is 12.4. The zero-order valence-electron chi connectivity index (χ0n) is 12.7. The van der Waals surface area contributed by atoms with Crippen LogP contribution in [0.25, 0.3) is 10.9 Å². The molecule has 1 unspecified atom stereocenters. The van der Waals surface area contributed by atoms with E-state index in [0.29, 0.717) is 22.2 Å². The van der Waals surface area contributed by atoms with Gasteiger partial charge in [-0.3, -0.25) is 4.79 Å². The van der Waals surface area contributed by atoms with Gasteiger partial charge in [0.05, 0.1) is 23.6 Å². The Hall–Kier alpha value is -2.45. The van der Waals surface area contributed by atoms with Gasteiger partial charge in [0.2, 0.25) is 5.88 Å². The van der Waals surface area contributed by atoms with Crippen LogP contribution in [0.4, 0.5) is 0 Å². The van der Waals surface area contributed by atoms with E-state index in [0.717, 1.165) is 19.3 Å². The zero-order valence-corrected chi connectivity index (χ0v) is 12.7. The molecule has 1 amide bonds. The van der Waals surface area contributed by atoms with Crippen LogP contribution < -0.4 is 14.9 Å². The summed E-state index contributed by atoms with van der Waals surface area (Å²) in [5.41, 5.74) is 3.10. The fourth-order valence-electron chi connectivity index (χ4n) is 2.40. The number of ether oxygens (including phenoxy) is 2. The monoisotopic (exact) mass is 319 g/mol. The zero-order chi connectivity index (χ0) is 16.2. The Morgan fingerprint density at radius 1 is 1.52 bits per heavy atom. The molecule has 2 aromatic rings. The number of methoxy groups -OCH3 is 1. The average Bonchev–Trinajstić information content (AvgIpc) is 2.59. The van der Waals surface area contributed by atoms with Crippen LogP contribution in [0.2, 0.25) is 0 Å². The number of carbonyl (C=O) groups excluding carboxylic acids is 1. The average molecular weight is 319 g/mol. The molecule has 122 valence electrons. The molecule has 23 heavy (non-hydrogen) atoms. The lowest BCUT2D eigenvalue weighted by Crippen LogP contribution is -2.33. The Morgan fingerprint density at radius 2 is 2.39 bits per heavy atom. The number of nitrogens with one attached hydrogen (secondary N) is 1. The van der Waals surface area contributed by atoms with Crippen molar-refractivity contribution in [2.75, 3.05) is 13.7 Å². The highest BCUT2D eigenvalue weighted by Gasteiger charge is 2.19. The normalized spacial score (nSPS) is 17.9. The molecule has 0 aromatic carbocycles. The second kappa shape index (κ2) is 6.76. The van der Waals surface area contributed by atoms with Crippen molar-refractivity contribution in [2.45, 2.75) is 25.6 Å². The van der Waals surface area contributed by atoms with Crippen molar-refractivity contribution in [2.24, 2.45) is 0 Å². The van der Waals surface area contributed by atoms with Crippen LogP contribution in [0, 0.1) is 5.21 Å². The van der Waals surface area contributed by atoms with Crippen molar-refractivity contribution in [1.29, 1.82) is 0 Å². The third-order valence-corrected chi connectivity index (χ3v) is 3.57. The lowest BCUT2D eigenvalue weighted by Gasteiger charge is -2.22. The summed E-state index contributed by atoms with van der Waals surface area (Å²) in [6.45, 7) is 0.614. The summed E-state index contributed by atoms with van der Waals surface area (Å²) >= 11 is 0. The first-order valence-electron chi connectivity index (χ1n) is 7.32. The van der Waals surface area contributed by atoms with E-state index in [-0.39, 0.29) is 11.4 Å². The molecule has 1 aliphatic rings. The van der Waals surface area contributed by atoms with Gasteiger partial charge in [0.15, 0.2) is 18.7 Å². The van der Waals surface area contributed by atoms with E-state index in [2.05, 4.69) is 10.5 Å². The number of hydroxylamine groups is 1. The Bertz CT molecular complexity index is 716. The van der Waals surface area contributed by atoms with Crippen molar-refractivity contribution < 1.29 is 23.8 Å². The summed E-state index contributed by atoms with van der Waals surface area (Å²) < 4.78 is 11.1. The highest BCUT2D eigenvalue weighted by Crippen LogP contribution is 2.21. The summed E-state index contributed by atoms with van der Waals surface area (Å²) in [5, 5.41) is 11.9. The molecule has 1 N–H and O–H groups in total. The third-order valence-electron chi connectivity index (χ3n) is 3.57. The standard InChI is InChI=1S/C15H17N3O5/c1-21-13-8-10(11-9-18(20)6-5-12(11)16-13)15(19)17-23-14-4-2-3-7-22-14/h5-6,8-9,14H,2-4,7H2,1H3,(H,17,19). The van der Waals surface area contributed by atoms with Crippen LogP contribution in [0.1, 0.15) is 29.6 Å². The number of amides is 1. The topological polar surface area (TPSA) is 96.6 Å². The quantitative estimate of drug-likeness (QED) is 0.514. The summed E-state index contributed by atoms with van der Waals surface area (Å²) in [4.78, 5) is 21.9. The van der Waals surface area contributed by atoms with Gasteiger partial charge in [0.25, 0.3) is 5.91 Å². The highest BCUT2D eigenvalue weighted by atomic mass is 16.8. The number of rotatable bonds is 4. The molecule has 3 heterocycles. The lowest BCUT2D eigenvalue weighted by atomic mass is 10.1. The molecule has 1 fully saturated rings. The van der Waals surface area contributed by atoms with Crippen LogP contribution in [0.15, 0.2) is 24.5 Å². The van der Waals surface area contributed by atoms with E-state index < -0.39 is 12.2 Å². The fraction of sp³-hybridized carbons (Fsp3) is 0.400. The molecule has 1 aliphatic heterocycles. The van der Waals surface area contributed by atoms with E-state index in [4.69, 9.17) is 14.3 Å². The molecule has 0 spiro atoms. The van der Waals surface area contributed by atoms with Gasteiger partial charge in [0.1, 0.15) is 0 Å². The molecule has 2 aromatic heterocycles. The van der Waals surface area contributed by atoms with Crippen LogP contribution in [-0.4, -0.2) is 30.9 Å². The van der Waals surface area contributed by atoms with Gasteiger partial charge in [-0.1, -0.05) is 0 Å². The number of aromatic nitrogens is 2. The lowest BCUT2D eigenvalue weighted by molar-refractivity contribution is -0.603. The van der Waals surface area contributed by atoms with Gasteiger partial charge in [0, 0.05) is 25.2 Å². The molecule has 3 rings (SSSR count). The smallest absolute Gasteiger partial charge is 0.276 e. The first-order valence-corrected chi connectivity index (χ1v) is 7.32. The van der Waals surface area contributed by atoms with Crippen molar-refractivity contribution in [3.05, 3.63) is 35.3 Å². The first-order chi connectivity index (χ1) is 11.2. The van der Waals surface area contributed by atoms with Crippen molar-refractivity contribution in [3.63, 3.8) is 0 Å². The molecule has 8 nitrogen and oxygen atoms in total. The minimum absolute atomic E-state index is 0.243. The minimum atomic E-state index is -0.490. The van der Waals surface area contributed by atoms with Crippen molar-refractivity contribution in [3.8, 4) is 5.88 Å². The summed E-state index contributed by atoms with van der Waals surface area (Å²) in [6.07, 6.45) is 4.84. The number of fused-ring (bicyclic) bond motifs is 1. The van der Waals surface area contributed by atoms with Crippen LogP contribution in [-0.2, 0) is 9.57 Å². The van der Waals surface area contributed by atoms with Gasteiger partial charge in [-0.2, -0.15) is 4.73 Å². The summed E-state index contributed by atoms with van der Waals surface area (Å²) in [6, 6.07) is 2.98. The number of nitrogens with zero attached hydrogens (tertiary/aromatic N) is 2. The van der Waals surface area contributed by atoms with E-state index in [1.807, 2.05) is 0 Å².